The summed E-state index contributed by atoms with van der Waals surface area (Å²) in [4.78, 5) is 22.6. The number of fused-ring (bicyclic) bond motifs is 1. The van der Waals surface area contributed by atoms with Crippen molar-refractivity contribution in [2.24, 2.45) is 17.8 Å². The van der Waals surface area contributed by atoms with E-state index >= 15 is 0 Å². The Hall–Kier alpha value is -1.92. The van der Waals surface area contributed by atoms with Crippen molar-refractivity contribution in [3.8, 4) is 0 Å². The minimum atomic E-state index is 0.120. The average molecular weight is 398 g/mol. The van der Waals surface area contributed by atoms with Crippen LogP contribution in [0.3, 0.4) is 0 Å². The first-order valence-corrected chi connectivity index (χ1v) is 11.2. The number of carbonyl (C=O) groups excluding carboxylic acids is 1. The van der Waals surface area contributed by atoms with Gasteiger partial charge in [0, 0.05) is 62.2 Å². The molecule has 0 unspecified atom stereocenters. The lowest BCUT2D eigenvalue weighted by Crippen LogP contribution is -2.41. The Kier molecular flexibility index (Phi) is 4.85. The molecule has 1 aromatic carbocycles. The number of amides is 1. The number of hydrogen-bond acceptors (Lipinski definition) is 5. The lowest BCUT2D eigenvalue weighted by atomic mass is 9.87. The van der Waals surface area contributed by atoms with Crippen molar-refractivity contribution in [1.29, 1.82) is 0 Å². The molecule has 3 saturated heterocycles. The zero-order chi connectivity index (χ0) is 19.1. The van der Waals surface area contributed by atoms with Gasteiger partial charge in [-0.1, -0.05) is 24.3 Å². The van der Waals surface area contributed by atoms with Crippen LogP contribution in [0.2, 0.25) is 0 Å². The number of aromatic nitrogens is 1. The van der Waals surface area contributed by atoms with E-state index in [9.17, 15) is 4.79 Å². The highest BCUT2D eigenvalue weighted by molar-refractivity contribution is 7.13. The van der Waals surface area contributed by atoms with Crippen LogP contribution in [0.15, 0.2) is 35.8 Å². The summed E-state index contributed by atoms with van der Waals surface area (Å²) in [5.41, 5.74) is 2.60. The molecule has 6 heteroatoms. The van der Waals surface area contributed by atoms with Crippen LogP contribution in [0.1, 0.15) is 30.0 Å². The fraction of sp³-hybridized carbons (Fsp3) is 0.545. The quantitative estimate of drug-likeness (QED) is 0.795. The summed E-state index contributed by atoms with van der Waals surface area (Å²) in [6, 6.07) is 8.77. The molecule has 1 amide bonds. The molecule has 148 valence electrons. The summed E-state index contributed by atoms with van der Waals surface area (Å²) in [5.74, 6) is 1.44. The van der Waals surface area contributed by atoms with Gasteiger partial charge < -0.3 is 14.5 Å². The van der Waals surface area contributed by atoms with Crippen LogP contribution in [0.5, 0.6) is 0 Å². The SMILES string of the molecule is Cc1ccccc1[C@@H]1[C@H]2CN(c3nccs3)C[C@H]2CN1C(=O)C1CCOCC1. The molecule has 0 spiro atoms. The van der Waals surface area contributed by atoms with E-state index in [2.05, 4.69) is 46.0 Å². The third-order valence-corrected chi connectivity index (χ3v) is 7.55. The first-order valence-electron chi connectivity index (χ1n) is 10.3. The number of nitrogens with zero attached hydrogens (tertiary/aromatic N) is 3. The molecule has 28 heavy (non-hydrogen) atoms. The largest absolute Gasteiger partial charge is 0.381 e. The van der Waals surface area contributed by atoms with E-state index in [0.29, 0.717) is 31.0 Å². The second-order valence-electron chi connectivity index (χ2n) is 8.32. The summed E-state index contributed by atoms with van der Waals surface area (Å²) in [5, 5.41) is 3.16. The molecule has 1 aromatic heterocycles. The number of thiazole rings is 1. The third kappa shape index (κ3) is 3.12. The number of anilines is 1. The Balaban J connectivity index is 1.45. The van der Waals surface area contributed by atoms with E-state index in [4.69, 9.17) is 4.74 Å². The van der Waals surface area contributed by atoms with Crippen LogP contribution in [-0.2, 0) is 9.53 Å². The molecule has 4 heterocycles. The van der Waals surface area contributed by atoms with Crippen molar-refractivity contribution in [2.45, 2.75) is 25.8 Å². The molecule has 0 radical (unpaired) electrons. The van der Waals surface area contributed by atoms with Gasteiger partial charge in [0.1, 0.15) is 0 Å². The maximum atomic E-state index is 13.5. The first-order chi connectivity index (χ1) is 13.7. The monoisotopic (exact) mass is 397 g/mol. The number of aryl methyl sites for hydroxylation is 1. The van der Waals surface area contributed by atoms with E-state index in [1.165, 1.54) is 11.1 Å². The average Bonchev–Trinajstić information content (AvgIpc) is 3.44. The highest BCUT2D eigenvalue weighted by atomic mass is 32.1. The number of hydrogen-bond donors (Lipinski definition) is 0. The van der Waals surface area contributed by atoms with Gasteiger partial charge in [0.2, 0.25) is 5.91 Å². The molecule has 3 aliphatic rings. The molecular weight excluding hydrogens is 370 g/mol. The van der Waals surface area contributed by atoms with Gasteiger partial charge in [0.05, 0.1) is 6.04 Å². The summed E-state index contributed by atoms with van der Waals surface area (Å²) >= 11 is 1.71. The molecule has 5 nitrogen and oxygen atoms in total. The Labute approximate surface area is 170 Å². The highest BCUT2D eigenvalue weighted by Gasteiger charge is 2.50. The Morgan fingerprint density at radius 2 is 2.00 bits per heavy atom. The fourth-order valence-corrected chi connectivity index (χ4v) is 5.96. The van der Waals surface area contributed by atoms with Crippen LogP contribution in [0.4, 0.5) is 5.13 Å². The summed E-state index contributed by atoms with van der Waals surface area (Å²) in [6.07, 6.45) is 3.60. The van der Waals surface area contributed by atoms with Crippen LogP contribution in [-0.4, -0.2) is 48.6 Å². The van der Waals surface area contributed by atoms with Gasteiger partial charge in [-0.3, -0.25) is 4.79 Å². The van der Waals surface area contributed by atoms with E-state index in [-0.39, 0.29) is 12.0 Å². The summed E-state index contributed by atoms with van der Waals surface area (Å²) in [6.45, 7) is 6.44. The molecule has 0 N–H and O–H groups in total. The van der Waals surface area contributed by atoms with Crippen molar-refractivity contribution in [3.63, 3.8) is 0 Å². The minimum absolute atomic E-state index is 0.120. The van der Waals surface area contributed by atoms with Gasteiger partial charge in [-0.15, -0.1) is 11.3 Å². The zero-order valence-corrected chi connectivity index (χ0v) is 17.1. The Bertz CT molecular complexity index is 834. The van der Waals surface area contributed by atoms with Crippen molar-refractivity contribution in [3.05, 3.63) is 47.0 Å². The van der Waals surface area contributed by atoms with E-state index < -0.39 is 0 Å². The molecule has 0 saturated carbocycles. The van der Waals surface area contributed by atoms with Crippen LogP contribution in [0, 0.1) is 24.7 Å². The maximum Gasteiger partial charge on any atom is 0.226 e. The van der Waals surface area contributed by atoms with Gasteiger partial charge in [-0.05, 0) is 30.9 Å². The van der Waals surface area contributed by atoms with Gasteiger partial charge >= 0.3 is 0 Å². The maximum absolute atomic E-state index is 13.5. The Morgan fingerprint density at radius 3 is 2.75 bits per heavy atom. The van der Waals surface area contributed by atoms with Crippen molar-refractivity contribution < 1.29 is 9.53 Å². The molecule has 3 atom stereocenters. The molecule has 5 rings (SSSR count). The van der Waals surface area contributed by atoms with Gasteiger partial charge in [0.15, 0.2) is 5.13 Å². The van der Waals surface area contributed by atoms with E-state index in [1.807, 2.05) is 11.6 Å². The second-order valence-corrected chi connectivity index (χ2v) is 9.20. The lowest BCUT2D eigenvalue weighted by molar-refractivity contribution is -0.140. The lowest BCUT2D eigenvalue weighted by Gasteiger charge is -2.34. The van der Waals surface area contributed by atoms with E-state index in [0.717, 1.165) is 37.6 Å². The molecule has 3 aliphatic heterocycles. The predicted molar refractivity (Wildman–Crippen MR) is 110 cm³/mol. The number of benzene rings is 1. The number of likely N-dealkylation sites (tertiary alicyclic amines) is 1. The summed E-state index contributed by atoms with van der Waals surface area (Å²) in [7, 11) is 0. The van der Waals surface area contributed by atoms with Gasteiger partial charge in [0.25, 0.3) is 0 Å². The first kappa shape index (κ1) is 18.1. The molecule has 3 fully saturated rings. The molecule has 0 bridgehead atoms. The molecule has 0 aliphatic carbocycles. The normalized spacial score (nSPS) is 28.0. The molecule has 2 aromatic rings. The standard InChI is InChI=1S/C22H27N3O2S/c1-15-4-2-3-5-18(15)20-19-14-24(22-23-8-11-28-22)12-17(19)13-25(20)21(26)16-6-9-27-10-7-16/h2-5,8,11,16-17,19-20H,6-7,9-10,12-14H2,1H3/t17-,19-,20+/m0/s1. The Morgan fingerprint density at radius 1 is 1.18 bits per heavy atom. The molecular formula is C22H27N3O2S. The van der Waals surface area contributed by atoms with Crippen molar-refractivity contribution in [2.75, 3.05) is 37.7 Å². The number of ether oxygens (including phenoxy) is 1. The fourth-order valence-electron chi connectivity index (χ4n) is 5.30. The van der Waals surface area contributed by atoms with Crippen LogP contribution in [0.25, 0.3) is 0 Å². The van der Waals surface area contributed by atoms with E-state index in [1.54, 1.807) is 11.3 Å². The van der Waals surface area contributed by atoms with Crippen molar-refractivity contribution >= 4 is 22.4 Å². The second kappa shape index (κ2) is 7.48. The summed E-state index contributed by atoms with van der Waals surface area (Å²) < 4.78 is 5.49. The van der Waals surface area contributed by atoms with Crippen LogP contribution < -0.4 is 4.90 Å². The third-order valence-electron chi connectivity index (χ3n) is 6.71. The van der Waals surface area contributed by atoms with Crippen LogP contribution >= 0.6 is 11.3 Å². The topological polar surface area (TPSA) is 45.7 Å². The van der Waals surface area contributed by atoms with Gasteiger partial charge in [-0.2, -0.15) is 0 Å². The van der Waals surface area contributed by atoms with Crippen molar-refractivity contribution in [1.82, 2.24) is 9.88 Å². The minimum Gasteiger partial charge on any atom is -0.381 e. The smallest absolute Gasteiger partial charge is 0.226 e. The zero-order valence-electron chi connectivity index (χ0n) is 16.3. The van der Waals surface area contributed by atoms with Gasteiger partial charge in [-0.25, -0.2) is 4.98 Å². The highest BCUT2D eigenvalue weighted by Crippen LogP contribution is 2.47. The number of rotatable bonds is 3. The predicted octanol–water partition coefficient (Wildman–Crippen LogP) is 3.51. The number of carbonyl (C=O) groups is 1.